The van der Waals surface area contributed by atoms with Crippen LogP contribution in [-0.2, 0) is 20.9 Å². The van der Waals surface area contributed by atoms with Gasteiger partial charge in [0.15, 0.2) is 0 Å². The van der Waals surface area contributed by atoms with E-state index in [1.165, 1.54) is 13.8 Å². The van der Waals surface area contributed by atoms with Crippen LogP contribution in [0, 0.1) is 12.8 Å². The van der Waals surface area contributed by atoms with Gasteiger partial charge in [-0.1, -0.05) is 60.2 Å². The van der Waals surface area contributed by atoms with E-state index in [2.05, 4.69) is 5.32 Å². The van der Waals surface area contributed by atoms with Crippen molar-refractivity contribution in [3.05, 3.63) is 71.3 Å². The third-order valence-corrected chi connectivity index (χ3v) is 4.10. The van der Waals surface area contributed by atoms with Crippen molar-refractivity contribution in [3.8, 4) is 0 Å². The number of carbonyl (C=O) groups excluding carboxylic acids is 3. The second kappa shape index (κ2) is 8.94. The lowest BCUT2D eigenvalue weighted by Gasteiger charge is -2.25. The van der Waals surface area contributed by atoms with Gasteiger partial charge >= 0.3 is 6.09 Å². The van der Waals surface area contributed by atoms with E-state index in [1.54, 1.807) is 6.07 Å². The van der Waals surface area contributed by atoms with E-state index in [0.717, 1.165) is 11.1 Å². The van der Waals surface area contributed by atoms with Gasteiger partial charge in [-0.15, -0.1) is 0 Å². The number of nitrogens with one attached hydrogen (secondary N) is 1. The van der Waals surface area contributed by atoms with Crippen LogP contribution in [0.2, 0.25) is 0 Å². The smallest absolute Gasteiger partial charge is 0.407 e. The zero-order valence-corrected chi connectivity index (χ0v) is 15.2. The number of ether oxygens (including phenoxy) is 1. The van der Waals surface area contributed by atoms with Crippen molar-refractivity contribution in [3.63, 3.8) is 0 Å². The quantitative estimate of drug-likeness (QED) is 0.769. The van der Waals surface area contributed by atoms with E-state index in [-0.39, 0.29) is 18.2 Å². The molecule has 1 N–H and O–H groups in total. The Kier molecular flexibility index (Phi) is 6.67. The lowest BCUT2D eigenvalue weighted by molar-refractivity contribution is -0.131. The predicted molar refractivity (Wildman–Crippen MR) is 98.5 cm³/mol. The lowest BCUT2D eigenvalue weighted by Crippen LogP contribution is -2.39. The molecule has 0 aromatic heterocycles. The van der Waals surface area contributed by atoms with Gasteiger partial charge in [0.2, 0.25) is 0 Å². The lowest BCUT2D eigenvalue weighted by atomic mass is 9.87. The van der Waals surface area contributed by atoms with Crippen LogP contribution >= 0.6 is 0 Å². The normalized spacial score (nSPS) is 11.7. The minimum absolute atomic E-state index is 0.109. The average molecular weight is 353 g/mol. The molecule has 0 radical (unpaired) electrons. The Hall–Kier alpha value is -2.95. The van der Waals surface area contributed by atoms with E-state index in [4.69, 9.17) is 4.74 Å². The van der Waals surface area contributed by atoms with Crippen LogP contribution in [-0.4, -0.2) is 17.7 Å². The molecule has 0 aliphatic rings. The van der Waals surface area contributed by atoms with Crippen LogP contribution in [0.15, 0.2) is 54.6 Å². The molecule has 0 aliphatic heterocycles. The maximum absolute atomic E-state index is 12.3. The highest BCUT2D eigenvalue weighted by atomic mass is 16.5. The van der Waals surface area contributed by atoms with Gasteiger partial charge in [0.1, 0.15) is 24.1 Å². The Morgan fingerprint density at radius 1 is 0.962 bits per heavy atom. The summed E-state index contributed by atoms with van der Waals surface area (Å²) < 4.78 is 5.25. The molecule has 26 heavy (non-hydrogen) atoms. The Balaban J connectivity index is 2.19. The predicted octanol–water partition coefficient (Wildman–Crippen LogP) is 3.76. The first-order chi connectivity index (χ1) is 12.4. The number of rotatable bonds is 7. The zero-order chi connectivity index (χ0) is 19.1. The van der Waals surface area contributed by atoms with Gasteiger partial charge in [-0.3, -0.25) is 9.59 Å². The summed E-state index contributed by atoms with van der Waals surface area (Å²) in [7, 11) is 0. The summed E-state index contributed by atoms with van der Waals surface area (Å²) >= 11 is 0. The molecule has 2 aromatic carbocycles. The molecule has 2 rings (SSSR count). The third-order valence-electron chi connectivity index (χ3n) is 4.10. The van der Waals surface area contributed by atoms with Crippen molar-refractivity contribution >= 4 is 17.7 Å². The van der Waals surface area contributed by atoms with E-state index in [1.807, 2.05) is 55.5 Å². The summed E-state index contributed by atoms with van der Waals surface area (Å²) in [5.74, 6) is -1.55. The molecule has 1 amide bonds. The molecular weight excluding hydrogens is 330 g/mol. The topological polar surface area (TPSA) is 72.5 Å². The number of aryl methyl sites for hydroxylation is 1. The fourth-order valence-electron chi connectivity index (χ4n) is 2.87. The fraction of sp³-hybridized carbons (Fsp3) is 0.286. The zero-order valence-electron chi connectivity index (χ0n) is 15.2. The molecule has 0 heterocycles. The van der Waals surface area contributed by atoms with Crippen LogP contribution in [0.5, 0.6) is 0 Å². The largest absolute Gasteiger partial charge is 0.445 e. The molecule has 0 saturated carbocycles. The molecule has 0 spiro atoms. The number of hydrogen-bond donors (Lipinski definition) is 1. The minimum Gasteiger partial charge on any atom is -0.445 e. The van der Waals surface area contributed by atoms with E-state index in [0.29, 0.717) is 5.56 Å². The third kappa shape index (κ3) is 5.28. The maximum atomic E-state index is 12.3. The molecule has 0 fully saturated rings. The van der Waals surface area contributed by atoms with Gasteiger partial charge in [0.05, 0.1) is 6.04 Å². The number of hydrogen-bond acceptors (Lipinski definition) is 4. The van der Waals surface area contributed by atoms with Gasteiger partial charge in [-0.25, -0.2) is 4.79 Å². The Bertz CT molecular complexity index is 772. The molecule has 0 aliphatic carbocycles. The molecule has 5 nitrogen and oxygen atoms in total. The number of carbonyl (C=O) groups is 3. The molecular formula is C21H23NO4. The van der Waals surface area contributed by atoms with Gasteiger partial charge in [0.25, 0.3) is 0 Å². The SMILES string of the molecule is CC(=O)C(C(C)=O)C(NC(=O)OCc1ccccc1)c1cccc(C)c1. The van der Waals surface area contributed by atoms with E-state index >= 15 is 0 Å². The van der Waals surface area contributed by atoms with Crippen molar-refractivity contribution < 1.29 is 19.1 Å². The Morgan fingerprint density at radius 2 is 1.62 bits per heavy atom. The van der Waals surface area contributed by atoms with E-state index in [9.17, 15) is 14.4 Å². The molecule has 136 valence electrons. The monoisotopic (exact) mass is 353 g/mol. The highest BCUT2D eigenvalue weighted by Gasteiger charge is 2.32. The van der Waals surface area contributed by atoms with Gasteiger partial charge < -0.3 is 10.1 Å². The van der Waals surface area contributed by atoms with Crippen LogP contribution in [0.25, 0.3) is 0 Å². The van der Waals surface area contributed by atoms with E-state index < -0.39 is 18.1 Å². The maximum Gasteiger partial charge on any atom is 0.407 e. The standard InChI is InChI=1S/C21H23NO4/c1-14-8-7-11-18(12-14)20(19(15(2)23)16(3)24)22-21(25)26-13-17-9-5-4-6-10-17/h4-12,19-20H,13H2,1-3H3,(H,22,25). The molecule has 2 aromatic rings. The van der Waals surface area contributed by atoms with Crippen molar-refractivity contribution in [1.29, 1.82) is 0 Å². The number of alkyl carbamates (subject to hydrolysis) is 1. The number of ketones is 2. The fourth-order valence-corrected chi connectivity index (χ4v) is 2.87. The first-order valence-corrected chi connectivity index (χ1v) is 8.43. The second-order valence-electron chi connectivity index (χ2n) is 6.30. The minimum atomic E-state index is -0.957. The first kappa shape index (κ1) is 19.4. The average Bonchev–Trinajstić information content (AvgIpc) is 2.59. The van der Waals surface area contributed by atoms with Crippen LogP contribution in [0.4, 0.5) is 4.79 Å². The molecule has 1 atom stereocenters. The van der Waals surface area contributed by atoms with Crippen LogP contribution in [0.1, 0.15) is 36.6 Å². The summed E-state index contributed by atoms with van der Waals surface area (Å²) in [6.45, 7) is 4.72. The summed E-state index contributed by atoms with van der Waals surface area (Å²) in [5, 5.41) is 2.69. The van der Waals surface area contributed by atoms with Gasteiger partial charge in [0, 0.05) is 0 Å². The molecule has 0 bridgehead atoms. The summed E-state index contributed by atoms with van der Waals surface area (Å²) in [6, 6.07) is 15.9. The first-order valence-electron chi connectivity index (χ1n) is 8.43. The highest BCUT2D eigenvalue weighted by Crippen LogP contribution is 2.25. The second-order valence-corrected chi connectivity index (χ2v) is 6.30. The van der Waals surface area contributed by atoms with Crippen molar-refractivity contribution in [1.82, 2.24) is 5.32 Å². The molecule has 0 saturated heterocycles. The van der Waals surface area contributed by atoms with Crippen molar-refractivity contribution in [2.75, 3.05) is 0 Å². The van der Waals surface area contributed by atoms with Gasteiger partial charge in [-0.05, 0) is 31.9 Å². The number of amides is 1. The highest BCUT2D eigenvalue weighted by molar-refractivity contribution is 6.01. The molecule has 5 heteroatoms. The Labute approximate surface area is 153 Å². The van der Waals surface area contributed by atoms with Crippen molar-refractivity contribution in [2.24, 2.45) is 5.92 Å². The number of Topliss-reactive ketones (excluding diaryl/α,β-unsaturated/α-hetero) is 2. The summed E-state index contributed by atoms with van der Waals surface area (Å²) in [5.41, 5.74) is 2.51. The Morgan fingerprint density at radius 3 is 2.19 bits per heavy atom. The van der Waals surface area contributed by atoms with Crippen molar-refractivity contribution in [2.45, 2.75) is 33.4 Å². The molecule has 1 unspecified atom stereocenters. The summed E-state index contributed by atoms with van der Waals surface area (Å²) in [4.78, 5) is 36.3. The van der Waals surface area contributed by atoms with Crippen LogP contribution in [0.3, 0.4) is 0 Å². The summed E-state index contributed by atoms with van der Waals surface area (Å²) in [6.07, 6.45) is -0.673. The number of benzene rings is 2. The van der Waals surface area contributed by atoms with Crippen LogP contribution < -0.4 is 5.32 Å². The van der Waals surface area contributed by atoms with Gasteiger partial charge in [-0.2, -0.15) is 0 Å².